The van der Waals surface area contributed by atoms with Crippen LogP contribution in [0.2, 0.25) is 5.02 Å². The van der Waals surface area contributed by atoms with E-state index in [2.05, 4.69) is 20.9 Å². The molecular formula is C13H4BrClF6N4O4. The smallest absolute Gasteiger partial charge is 0.328 e. The van der Waals surface area contributed by atoms with E-state index < -0.39 is 61.2 Å². The fourth-order valence-electron chi connectivity index (χ4n) is 2.15. The Balaban J connectivity index is 2.85. The molecule has 0 aliphatic carbocycles. The molecule has 0 aliphatic rings. The number of hydrogen-bond acceptors (Lipinski definition) is 6. The van der Waals surface area contributed by atoms with Gasteiger partial charge in [-0.15, -0.1) is 0 Å². The monoisotopic (exact) mass is 508 g/mol. The Bertz CT molecular complexity index is 1010. The quantitative estimate of drug-likeness (QED) is 0.303. The summed E-state index contributed by atoms with van der Waals surface area (Å²) in [6.45, 7) is 0. The zero-order chi connectivity index (χ0) is 22.3. The molecule has 2 rings (SSSR count). The largest absolute Gasteiger partial charge is 0.420 e. The second-order valence-electron chi connectivity index (χ2n) is 5.17. The normalized spacial score (nSPS) is 12.0. The molecule has 0 radical (unpaired) electrons. The number of aromatic nitrogens is 1. The number of nitrogens with one attached hydrogen (secondary N) is 1. The van der Waals surface area contributed by atoms with E-state index >= 15 is 0 Å². The minimum absolute atomic E-state index is 0.121. The van der Waals surface area contributed by atoms with Crippen molar-refractivity contribution in [2.75, 3.05) is 5.32 Å². The molecule has 0 fully saturated rings. The van der Waals surface area contributed by atoms with Crippen LogP contribution in [0.3, 0.4) is 0 Å². The highest BCUT2D eigenvalue weighted by molar-refractivity contribution is 9.10. The van der Waals surface area contributed by atoms with Crippen LogP contribution in [0, 0.1) is 20.2 Å². The maximum atomic E-state index is 13.2. The fraction of sp³-hybridized carbons (Fsp3) is 0.154. The van der Waals surface area contributed by atoms with Crippen LogP contribution >= 0.6 is 27.5 Å². The predicted octanol–water partition coefficient (Wildman–Crippen LogP) is 6.10. The van der Waals surface area contributed by atoms with Crippen molar-refractivity contribution in [1.82, 2.24) is 4.98 Å². The standard InChI is InChI=1S/C13H4BrClF6N4O4/c14-4-1-6(13(19,20)21)11(22-3-4)23-9-7(24(26)27)2-5(12(16,17)18)8(15)10(9)25(28)29/h1-3H,(H,22,23). The molecule has 0 saturated heterocycles. The number of nitro benzene ring substituents is 2. The fourth-order valence-corrected chi connectivity index (χ4v) is 2.81. The summed E-state index contributed by atoms with van der Waals surface area (Å²) in [5, 5.41) is 22.7. The molecule has 0 spiro atoms. The van der Waals surface area contributed by atoms with Gasteiger partial charge in [0.25, 0.3) is 0 Å². The minimum Gasteiger partial charge on any atom is -0.328 e. The van der Waals surface area contributed by atoms with Crippen molar-refractivity contribution in [3.63, 3.8) is 0 Å². The molecule has 29 heavy (non-hydrogen) atoms. The molecule has 0 unspecified atom stereocenters. The van der Waals surface area contributed by atoms with Gasteiger partial charge in [0.15, 0.2) is 5.69 Å². The van der Waals surface area contributed by atoms with Crippen LogP contribution in [-0.2, 0) is 12.4 Å². The molecule has 1 heterocycles. The van der Waals surface area contributed by atoms with Gasteiger partial charge in [-0.05, 0) is 22.0 Å². The van der Waals surface area contributed by atoms with Crippen molar-refractivity contribution in [3.05, 3.63) is 59.2 Å². The average molecular weight is 510 g/mol. The molecular weight excluding hydrogens is 506 g/mol. The first-order valence-electron chi connectivity index (χ1n) is 6.86. The summed E-state index contributed by atoms with van der Waals surface area (Å²) >= 11 is 8.16. The van der Waals surface area contributed by atoms with Crippen LogP contribution < -0.4 is 5.32 Å². The molecule has 156 valence electrons. The van der Waals surface area contributed by atoms with Gasteiger partial charge in [0, 0.05) is 16.7 Å². The number of nitrogens with zero attached hydrogens (tertiary/aromatic N) is 3. The van der Waals surface area contributed by atoms with Gasteiger partial charge >= 0.3 is 23.7 Å². The van der Waals surface area contributed by atoms with Crippen molar-refractivity contribution in [1.29, 1.82) is 0 Å². The first kappa shape index (κ1) is 22.6. The average Bonchev–Trinajstić information content (AvgIpc) is 2.53. The lowest BCUT2D eigenvalue weighted by molar-refractivity contribution is -0.392. The Morgan fingerprint density at radius 2 is 1.55 bits per heavy atom. The Hall–Kier alpha value is -2.68. The Morgan fingerprint density at radius 1 is 1.00 bits per heavy atom. The van der Waals surface area contributed by atoms with Gasteiger partial charge in [-0.1, -0.05) is 11.6 Å². The first-order valence-corrected chi connectivity index (χ1v) is 8.04. The lowest BCUT2D eigenvalue weighted by Gasteiger charge is -2.16. The molecule has 0 amide bonds. The van der Waals surface area contributed by atoms with E-state index in [0.717, 1.165) is 6.20 Å². The second kappa shape index (κ2) is 7.62. The topological polar surface area (TPSA) is 111 Å². The number of alkyl halides is 6. The van der Waals surface area contributed by atoms with Gasteiger partial charge in [-0.2, -0.15) is 26.3 Å². The summed E-state index contributed by atoms with van der Waals surface area (Å²) < 4.78 is 78.6. The number of pyridine rings is 1. The maximum Gasteiger partial charge on any atom is 0.420 e. The highest BCUT2D eigenvalue weighted by atomic mass is 79.9. The summed E-state index contributed by atoms with van der Waals surface area (Å²) in [6, 6.07) is 0.391. The Labute approximate surface area is 168 Å². The number of anilines is 2. The van der Waals surface area contributed by atoms with E-state index in [4.69, 9.17) is 11.6 Å². The van der Waals surface area contributed by atoms with Gasteiger partial charge in [-0.3, -0.25) is 20.2 Å². The summed E-state index contributed by atoms with van der Waals surface area (Å²) in [4.78, 5) is 22.9. The zero-order valence-corrected chi connectivity index (χ0v) is 15.6. The van der Waals surface area contributed by atoms with E-state index in [1.807, 2.05) is 0 Å². The molecule has 0 saturated carbocycles. The van der Waals surface area contributed by atoms with Crippen LogP contribution in [0.4, 0.5) is 49.2 Å². The van der Waals surface area contributed by atoms with E-state index in [1.54, 1.807) is 5.32 Å². The molecule has 1 aromatic heterocycles. The summed E-state index contributed by atoms with van der Waals surface area (Å²) in [7, 11) is 0. The van der Waals surface area contributed by atoms with E-state index in [-0.39, 0.29) is 10.5 Å². The van der Waals surface area contributed by atoms with Gasteiger partial charge in [0.1, 0.15) is 10.8 Å². The van der Waals surface area contributed by atoms with E-state index in [0.29, 0.717) is 6.07 Å². The van der Waals surface area contributed by atoms with E-state index in [1.165, 1.54) is 0 Å². The van der Waals surface area contributed by atoms with Crippen molar-refractivity contribution in [2.45, 2.75) is 12.4 Å². The zero-order valence-electron chi connectivity index (χ0n) is 13.2. The molecule has 1 aromatic carbocycles. The van der Waals surface area contributed by atoms with Crippen LogP contribution in [0.5, 0.6) is 0 Å². The number of rotatable bonds is 4. The number of halogens is 8. The van der Waals surface area contributed by atoms with Crippen molar-refractivity contribution < 1.29 is 36.2 Å². The predicted molar refractivity (Wildman–Crippen MR) is 90.0 cm³/mol. The van der Waals surface area contributed by atoms with Gasteiger partial charge in [-0.25, -0.2) is 4.98 Å². The molecule has 0 aliphatic heterocycles. The van der Waals surface area contributed by atoms with Crippen molar-refractivity contribution in [2.24, 2.45) is 0 Å². The van der Waals surface area contributed by atoms with Crippen LogP contribution in [0.1, 0.15) is 11.1 Å². The summed E-state index contributed by atoms with van der Waals surface area (Å²) in [6.07, 6.45) is -9.53. The van der Waals surface area contributed by atoms with Crippen LogP contribution in [0.25, 0.3) is 0 Å². The molecule has 0 atom stereocenters. The number of benzene rings is 1. The SMILES string of the molecule is O=[N+]([O-])c1cc(C(F)(F)F)c(Cl)c([N+](=O)[O-])c1Nc1ncc(Br)cc1C(F)(F)F. The highest BCUT2D eigenvalue weighted by Crippen LogP contribution is 2.49. The molecule has 1 N–H and O–H groups in total. The van der Waals surface area contributed by atoms with Crippen LogP contribution in [0.15, 0.2) is 22.8 Å². The summed E-state index contributed by atoms with van der Waals surface area (Å²) in [5.41, 5.74) is -7.84. The first-order chi connectivity index (χ1) is 13.1. The molecule has 2 aromatic rings. The lowest BCUT2D eigenvalue weighted by Crippen LogP contribution is -2.14. The highest BCUT2D eigenvalue weighted by Gasteiger charge is 2.43. The van der Waals surface area contributed by atoms with Gasteiger partial charge in [0.05, 0.1) is 21.0 Å². The molecule has 8 nitrogen and oxygen atoms in total. The Morgan fingerprint density at radius 3 is 2.00 bits per heavy atom. The third-order valence-corrected chi connectivity index (χ3v) is 4.12. The molecule has 16 heteroatoms. The third-order valence-electron chi connectivity index (χ3n) is 3.31. The van der Waals surface area contributed by atoms with Gasteiger partial charge < -0.3 is 5.32 Å². The van der Waals surface area contributed by atoms with Gasteiger partial charge in [0.2, 0.25) is 0 Å². The molecule has 0 bridgehead atoms. The van der Waals surface area contributed by atoms with Crippen LogP contribution in [-0.4, -0.2) is 14.8 Å². The second-order valence-corrected chi connectivity index (χ2v) is 6.46. The van der Waals surface area contributed by atoms with Crippen molar-refractivity contribution >= 4 is 50.4 Å². The summed E-state index contributed by atoms with van der Waals surface area (Å²) in [5.74, 6) is -1.12. The minimum atomic E-state index is -5.31. The number of hydrogen-bond donors (Lipinski definition) is 1. The Kier molecular flexibility index (Phi) is 5.94. The number of nitro groups is 2. The maximum absolute atomic E-state index is 13.2. The van der Waals surface area contributed by atoms with E-state index in [9.17, 15) is 46.6 Å². The lowest BCUT2D eigenvalue weighted by atomic mass is 10.1. The third kappa shape index (κ3) is 4.67. The van der Waals surface area contributed by atoms with Crippen molar-refractivity contribution in [3.8, 4) is 0 Å².